The van der Waals surface area contributed by atoms with Crippen LogP contribution in [0.4, 0.5) is 23.7 Å². The lowest BCUT2D eigenvalue weighted by Crippen LogP contribution is -2.32. The van der Waals surface area contributed by atoms with E-state index in [-0.39, 0.29) is 13.1 Å². The van der Waals surface area contributed by atoms with Gasteiger partial charge in [0.2, 0.25) is 0 Å². The van der Waals surface area contributed by atoms with Crippen LogP contribution in [0, 0.1) is 0 Å². The smallest absolute Gasteiger partial charge is 0.336 e. The number of amides is 2. The van der Waals surface area contributed by atoms with E-state index in [1.807, 2.05) is 0 Å². The summed E-state index contributed by atoms with van der Waals surface area (Å²) in [5, 5.41) is 9.57. The molecule has 0 spiro atoms. The number of hydrogen-bond donors (Lipinski definition) is 2. The van der Waals surface area contributed by atoms with Crippen LogP contribution in [-0.2, 0) is 25.6 Å². The van der Waals surface area contributed by atoms with Crippen molar-refractivity contribution in [1.82, 2.24) is 15.1 Å². The highest BCUT2D eigenvalue weighted by Gasteiger charge is 2.39. The summed E-state index contributed by atoms with van der Waals surface area (Å²) in [5.41, 5.74) is 0.707. The second kappa shape index (κ2) is 7.57. The maximum Gasteiger partial charge on any atom is 0.435 e. The van der Waals surface area contributed by atoms with Crippen molar-refractivity contribution in [2.75, 3.05) is 11.9 Å². The second-order valence-electron chi connectivity index (χ2n) is 6.09. The number of nitrogens with zero attached hydrogens (tertiary/aromatic N) is 2. The summed E-state index contributed by atoms with van der Waals surface area (Å²) in [6.45, 7) is 0.358. The molecule has 1 heterocycles. The zero-order valence-corrected chi connectivity index (χ0v) is 14.6. The second-order valence-corrected chi connectivity index (χ2v) is 6.53. The Kier molecular flexibility index (Phi) is 5.41. The number of urea groups is 1. The van der Waals surface area contributed by atoms with Crippen molar-refractivity contribution in [2.24, 2.45) is 0 Å². The Balaban J connectivity index is 1.60. The molecule has 5 nitrogen and oxygen atoms in total. The maximum absolute atomic E-state index is 13.1. The van der Waals surface area contributed by atoms with Gasteiger partial charge in [0.05, 0.1) is 6.54 Å². The lowest BCUT2D eigenvalue weighted by atomic mass is 9.95. The van der Waals surface area contributed by atoms with E-state index < -0.39 is 17.9 Å². The fraction of sp³-hybridized carbons (Fsp3) is 0.412. The molecule has 26 heavy (non-hydrogen) atoms. The fourth-order valence-electron chi connectivity index (χ4n) is 3.07. The first-order valence-electron chi connectivity index (χ1n) is 8.31. The summed E-state index contributed by atoms with van der Waals surface area (Å²) in [6, 6.07) is 6.16. The van der Waals surface area contributed by atoms with Gasteiger partial charge in [0.1, 0.15) is 0 Å². The normalized spacial score (nSPS) is 14.0. The molecule has 3 rings (SSSR count). The van der Waals surface area contributed by atoms with Crippen LogP contribution in [-0.4, -0.2) is 22.4 Å². The SMILES string of the molecule is O=C(NCCn1nc(C(F)(F)F)c2c1CCCC2)Nc1ccc(Cl)cc1. The summed E-state index contributed by atoms with van der Waals surface area (Å²) in [6.07, 6.45) is -1.89. The molecule has 140 valence electrons. The van der Waals surface area contributed by atoms with Gasteiger partial charge in [0.15, 0.2) is 5.69 Å². The summed E-state index contributed by atoms with van der Waals surface area (Å²) >= 11 is 5.77. The third-order valence-electron chi connectivity index (χ3n) is 4.24. The van der Waals surface area contributed by atoms with Gasteiger partial charge in [-0.2, -0.15) is 18.3 Å². The molecule has 2 amide bonds. The number of halogens is 4. The highest BCUT2D eigenvalue weighted by atomic mass is 35.5. The van der Waals surface area contributed by atoms with Crippen molar-refractivity contribution in [3.63, 3.8) is 0 Å². The van der Waals surface area contributed by atoms with Crippen LogP contribution < -0.4 is 10.6 Å². The van der Waals surface area contributed by atoms with Crippen LogP contribution in [0.2, 0.25) is 5.02 Å². The number of benzene rings is 1. The molecule has 0 unspecified atom stereocenters. The van der Waals surface area contributed by atoms with Crippen LogP contribution in [0.5, 0.6) is 0 Å². The number of alkyl halides is 3. The Labute approximate surface area is 153 Å². The van der Waals surface area contributed by atoms with Crippen LogP contribution in [0.3, 0.4) is 0 Å². The van der Waals surface area contributed by atoms with Crippen molar-refractivity contribution < 1.29 is 18.0 Å². The minimum atomic E-state index is -4.45. The molecule has 0 fully saturated rings. The summed E-state index contributed by atoms with van der Waals surface area (Å²) in [7, 11) is 0. The molecule has 0 bridgehead atoms. The van der Waals surface area contributed by atoms with Crippen molar-refractivity contribution >= 4 is 23.3 Å². The predicted octanol–water partition coefficient (Wildman–Crippen LogP) is 4.26. The van der Waals surface area contributed by atoms with E-state index in [1.165, 1.54) is 4.68 Å². The van der Waals surface area contributed by atoms with Gasteiger partial charge in [-0.3, -0.25) is 4.68 Å². The summed E-state index contributed by atoms with van der Waals surface area (Å²) < 4.78 is 40.8. The first-order valence-corrected chi connectivity index (χ1v) is 8.68. The molecular formula is C17H18ClF3N4O. The van der Waals surface area contributed by atoms with Crippen LogP contribution in [0.25, 0.3) is 0 Å². The Hall–Kier alpha value is -2.22. The van der Waals surface area contributed by atoms with Gasteiger partial charge in [0.25, 0.3) is 0 Å². The zero-order chi connectivity index (χ0) is 18.7. The van der Waals surface area contributed by atoms with E-state index in [0.29, 0.717) is 34.8 Å². The molecule has 2 N–H and O–H groups in total. The number of carbonyl (C=O) groups excluding carboxylic acids is 1. The first kappa shape index (κ1) is 18.6. The fourth-order valence-corrected chi connectivity index (χ4v) is 3.19. The van der Waals surface area contributed by atoms with Gasteiger partial charge in [-0.15, -0.1) is 0 Å². The molecule has 1 aromatic heterocycles. The maximum atomic E-state index is 13.1. The van der Waals surface area contributed by atoms with Crippen molar-refractivity contribution in [1.29, 1.82) is 0 Å². The zero-order valence-electron chi connectivity index (χ0n) is 13.9. The van der Waals surface area contributed by atoms with E-state index in [9.17, 15) is 18.0 Å². The highest BCUT2D eigenvalue weighted by molar-refractivity contribution is 6.30. The third-order valence-corrected chi connectivity index (χ3v) is 4.49. The van der Waals surface area contributed by atoms with Crippen molar-refractivity contribution in [2.45, 2.75) is 38.4 Å². The molecular weight excluding hydrogens is 369 g/mol. The van der Waals surface area contributed by atoms with Gasteiger partial charge in [0, 0.05) is 28.5 Å². The largest absolute Gasteiger partial charge is 0.435 e. The Morgan fingerprint density at radius 1 is 1.19 bits per heavy atom. The van der Waals surface area contributed by atoms with Gasteiger partial charge >= 0.3 is 12.2 Å². The van der Waals surface area contributed by atoms with E-state index >= 15 is 0 Å². The van der Waals surface area contributed by atoms with Crippen LogP contribution >= 0.6 is 11.6 Å². The van der Waals surface area contributed by atoms with Gasteiger partial charge < -0.3 is 10.6 Å². The minimum absolute atomic E-state index is 0.171. The highest BCUT2D eigenvalue weighted by Crippen LogP contribution is 2.35. The molecule has 2 aromatic rings. The van der Waals surface area contributed by atoms with Crippen molar-refractivity contribution in [3.8, 4) is 0 Å². The number of anilines is 1. The molecule has 1 aromatic carbocycles. The van der Waals surface area contributed by atoms with E-state index in [4.69, 9.17) is 11.6 Å². The minimum Gasteiger partial charge on any atom is -0.336 e. The Morgan fingerprint density at radius 3 is 2.58 bits per heavy atom. The van der Waals surface area contributed by atoms with Crippen LogP contribution in [0.15, 0.2) is 24.3 Å². The molecule has 0 radical (unpaired) electrons. The number of fused-ring (bicyclic) bond motifs is 1. The molecule has 0 atom stereocenters. The molecule has 0 saturated carbocycles. The first-order chi connectivity index (χ1) is 12.3. The Morgan fingerprint density at radius 2 is 1.88 bits per heavy atom. The number of rotatable bonds is 4. The molecule has 0 saturated heterocycles. The van der Waals surface area contributed by atoms with Crippen molar-refractivity contribution in [3.05, 3.63) is 46.2 Å². The van der Waals surface area contributed by atoms with Gasteiger partial charge in [-0.1, -0.05) is 11.6 Å². The average molecular weight is 387 g/mol. The molecule has 1 aliphatic rings. The van der Waals surface area contributed by atoms with Crippen LogP contribution in [0.1, 0.15) is 29.8 Å². The van der Waals surface area contributed by atoms with Gasteiger partial charge in [-0.25, -0.2) is 4.79 Å². The molecule has 0 aliphatic heterocycles. The van der Waals surface area contributed by atoms with E-state index in [0.717, 1.165) is 12.8 Å². The average Bonchev–Trinajstić information content (AvgIpc) is 2.96. The topological polar surface area (TPSA) is 59.0 Å². The summed E-state index contributed by atoms with van der Waals surface area (Å²) in [4.78, 5) is 11.9. The third kappa shape index (κ3) is 4.30. The standard InChI is InChI=1S/C17H18ClF3N4O/c18-11-5-7-12(8-6-11)23-16(26)22-9-10-25-14-4-2-1-3-13(14)15(24-25)17(19,20)21/h5-8H,1-4,9-10H2,(H2,22,23,26). The lowest BCUT2D eigenvalue weighted by Gasteiger charge is -2.15. The lowest BCUT2D eigenvalue weighted by molar-refractivity contribution is -0.142. The quantitative estimate of drug-likeness (QED) is 0.825. The number of carbonyl (C=O) groups is 1. The molecule has 9 heteroatoms. The molecule has 1 aliphatic carbocycles. The van der Waals surface area contributed by atoms with E-state index in [2.05, 4.69) is 15.7 Å². The predicted molar refractivity (Wildman–Crippen MR) is 92.3 cm³/mol. The van der Waals surface area contributed by atoms with E-state index in [1.54, 1.807) is 24.3 Å². The number of nitrogens with one attached hydrogen (secondary N) is 2. The number of hydrogen-bond acceptors (Lipinski definition) is 2. The monoisotopic (exact) mass is 386 g/mol. The Bertz CT molecular complexity index is 787. The summed E-state index contributed by atoms with van der Waals surface area (Å²) in [5.74, 6) is 0. The van der Waals surface area contributed by atoms with Gasteiger partial charge in [-0.05, 0) is 49.9 Å². The number of aromatic nitrogens is 2.